The highest BCUT2D eigenvalue weighted by Gasteiger charge is 2.34. The van der Waals surface area contributed by atoms with E-state index in [1.165, 1.54) is 18.2 Å². The lowest BCUT2D eigenvalue weighted by Crippen LogP contribution is -2.23. The minimum atomic E-state index is -1.21. The van der Waals surface area contributed by atoms with E-state index >= 15 is 0 Å². The molecule has 2 heterocycles. The van der Waals surface area contributed by atoms with Gasteiger partial charge in [0, 0.05) is 17.4 Å². The molecular formula is C13H8ClFN2O3S. The summed E-state index contributed by atoms with van der Waals surface area (Å²) < 4.78 is 17.0. The number of halogens is 2. The molecule has 1 aliphatic rings. The van der Waals surface area contributed by atoms with Gasteiger partial charge in [-0.3, -0.25) is 4.79 Å². The van der Waals surface area contributed by atoms with Gasteiger partial charge in [-0.25, -0.2) is 9.18 Å². The molecule has 1 aliphatic heterocycles. The molecule has 0 saturated heterocycles. The molecule has 0 unspecified atom stereocenters. The van der Waals surface area contributed by atoms with Crippen molar-refractivity contribution in [2.45, 2.75) is 12.3 Å². The van der Waals surface area contributed by atoms with Crippen molar-refractivity contribution in [3.8, 4) is 0 Å². The number of nitrogens with one attached hydrogen (secondary N) is 1. The number of nitrogens with zero attached hydrogens (tertiary/aromatic N) is 1. The van der Waals surface area contributed by atoms with Crippen LogP contribution in [0.1, 0.15) is 33.3 Å². The first-order valence-corrected chi connectivity index (χ1v) is 7.10. The van der Waals surface area contributed by atoms with Gasteiger partial charge >= 0.3 is 5.97 Å². The van der Waals surface area contributed by atoms with Gasteiger partial charge in [-0.15, -0.1) is 0 Å². The fraction of sp³-hybridized carbons (Fsp3) is 0.154. The van der Waals surface area contributed by atoms with Gasteiger partial charge in [0.1, 0.15) is 5.82 Å². The van der Waals surface area contributed by atoms with E-state index in [-0.39, 0.29) is 28.7 Å². The summed E-state index contributed by atoms with van der Waals surface area (Å²) >= 11 is 7.04. The van der Waals surface area contributed by atoms with E-state index in [1.807, 2.05) is 0 Å². The lowest BCUT2D eigenvalue weighted by molar-refractivity contribution is -0.116. The number of fused-ring (bicyclic) bond motifs is 1. The van der Waals surface area contributed by atoms with Crippen LogP contribution in [-0.2, 0) is 4.79 Å². The van der Waals surface area contributed by atoms with Crippen molar-refractivity contribution in [1.29, 1.82) is 0 Å². The van der Waals surface area contributed by atoms with Crippen LogP contribution in [0.2, 0.25) is 5.02 Å². The third kappa shape index (κ3) is 2.38. The molecule has 1 aromatic heterocycles. The van der Waals surface area contributed by atoms with Crippen molar-refractivity contribution in [2.24, 2.45) is 0 Å². The zero-order valence-electron chi connectivity index (χ0n) is 10.4. The number of anilines is 1. The van der Waals surface area contributed by atoms with Crippen LogP contribution in [0.15, 0.2) is 18.2 Å². The highest BCUT2D eigenvalue weighted by Crippen LogP contribution is 2.43. The quantitative estimate of drug-likeness (QED) is 0.888. The number of rotatable bonds is 2. The second-order valence-electron chi connectivity index (χ2n) is 4.55. The van der Waals surface area contributed by atoms with E-state index in [2.05, 4.69) is 9.69 Å². The first-order chi connectivity index (χ1) is 9.97. The van der Waals surface area contributed by atoms with Gasteiger partial charge in [0.15, 0.2) is 5.69 Å². The summed E-state index contributed by atoms with van der Waals surface area (Å²) in [4.78, 5) is 23.5. The van der Waals surface area contributed by atoms with Gasteiger partial charge in [-0.2, -0.15) is 4.37 Å². The minimum Gasteiger partial charge on any atom is -0.476 e. The van der Waals surface area contributed by atoms with Gasteiger partial charge in [0.25, 0.3) is 0 Å². The second-order valence-corrected chi connectivity index (χ2v) is 5.76. The smallest absolute Gasteiger partial charge is 0.357 e. The van der Waals surface area contributed by atoms with E-state index < -0.39 is 17.7 Å². The molecule has 0 saturated carbocycles. The summed E-state index contributed by atoms with van der Waals surface area (Å²) in [5.74, 6) is -2.43. The fourth-order valence-electron chi connectivity index (χ4n) is 2.31. The molecule has 2 N–H and O–H groups in total. The average molecular weight is 327 g/mol. The normalized spacial score (nSPS) is 17.2. The second kappa shape index (κ2) is 5.09. The highest BCUT2D eigenvalue weighted by atomic mass is 35.5. The topological polar surface area (TPSA) is 79.3 Å². The number of amides is 1. The maximum absolute atomic E-state index is 13.1. The van der Waals surface area contributed by atoms with Gasteiger partial charge in [0.05, 0.1) is 10.6 Å². The maximum atomic E-state index is 13.1. The summed E-state index contributed by atoms with van der Waals surface area (Å²) in [5.41, 5.74) is 0.593. The number of hydrogen-bond acceptors (Lipinski definition) is 4. The van der Waals surface area contributed by atoms with Crippen molar-refractivity contribution in [3.05, 3.63) is 45.2 Å². The van der Waals surface area contributed by atoms with E-state index in [0.29, 0.717) is 10.4 Å². The SMILES string of the molecule is O=C1C[C@H](c2ccc(F)cc2Cl)c2snc(C(=O)O)c2N1. The predicted octanol–water partition coefficient (Wildman–Crippen LogP) is 3.11. The number of carbonyl (C=O) groups excluding carboxylic acids is 1. The molecular weight excluding hydrogens is 319 g/mol. The number of aromatic nitrogens is 1. The molecule has 5 nitrogen and oxygen atoms in total. The standard InChI is InChI=1S/C13H8ClFN2O3S/c14-8-3-5(15)1-2-6(8)7-4-9(18)16-10-11(13(19)20)17-21-12(7)10/h1-3,7H,4H2,(H,16,18)(H,19,20)/t7-/m1/s1. The molecule has 8 heteroatoms. The fourth-order valence-corrected chi connectivity index (χ4v) is 3.55. The zero-order chi connectivity index (χ0) is 15.1. The predicted molar refractivity (Wildman–Crippen MR) is 75.6 cm³/mol. The summed E-state index contributed by atoms with van der Waals surface area (Å²) in [6.45, 7) is 0. The number of carboxylic acids is 1. The number of carbonyl (C=O) groups is 2. The largest absolute Gasteiger partial charge is 0.476 e. The maximum Gasteiger partial charge on any atom is 0.357 e. The third-order valence-electron chi connectivity index (χ3n) is 3.23. The number of aromatic carboxylic acids is 1. The van der Waals surface area contributed by atoms with Crippen LogP contribution in [0.3, 0.4) is 0 Å². The van der Waals surface area contributed by atoms with Crippen LogP contribution < -0.4 is 5.32 Å². The Morgan fingerprint density at radius 3 is 2.95 bits per heavy atom. The Bertz CT molecular complexity index is 762. The van der Waals surface area contributed by atoms with E-state index in [0.717, 1.165) is 11.5 Å². The molecule has 0 aliphatic carbocycles. The van der Waals surface area contributed by atoms with Gasteiger partial charge in [-0.1, -0.05) is 17.7 Å². The van der Waals surface area contributed by atoms with Crippen molar-refractivity contribution in [2.75, 3.05) is 5.32 Å². The van der Waals surface area contributed by atoms with Crippen LogP contribution in [-0.4, -0.2) is 21.4 Å². The van der Waals surface area contributed by atoms with Crippen LogP contribution >= 0.6 is 23.1 Å². The molecule has 1 amide bonds. The van der Waals surface area contributed by atoms with Crippen molar-refractivity contribution >= 4 is 40.7 Å². The summed E-state index contributed by atoms with van der Waals surface area (Å²) in [6.07, 6.45) is 0.111. The number of hydrogen-bond donors (Lipinski definition) is 2. The minimum absolute atomic E-state index is 0.111. The molecule has 21 heavy (non-hydrogen) atoms. The van der Waals surface area contributed by atoms with Crippen molar-refractivity contribution in [1.82, 2.24) is 4.37 Å². The van der Waals surface area contributed by atoms with Crippen molar-refractivity contribution in [3.63, 3.8) is 0 Å². The number of carboxylic acid groups (broad SMARTS) is 1. The Morgan fingerprint density at radius 1 is 1.52 bits per heavy atom. The summed E-state index contributed by atoms with van der Waals surface area (Å²) in [6, 6.07) is 3.93. The van der Waals surface area contributed by atoms with Crippen molar-refractivity contribution < 1.29 is 19.1 Å². The average Bonchev–Trinajstić information content (AvgIpc) is 2.81. The zero-order valence-corrected chi connectivity index (χ0v) is 12.0. The Kier molecular flexibility index (Phi) is 3.38. The van der Waals surface area contributed by atoms with E-state index in [9.17, 15) is 14.0 Å². The van der Waals surface area contributed by atoms with Gasteiger partial charge in [-0.05, 0) is 29.2 Å². The Balaban J connectivity index is 2.13. The lowest BCUT2D eigenvalue weighted by Gasteiger charge is -2.23. The van der Waals surface area contributed by atoms with Gasteiger partial charge < -0.3 is 10.4 Å². The molecule has 0 bridgehead atoms. The molecule has 0 fully saturated rings. The molecule has 3 rings (SSSR count). The molecule has 2 aromatic rings. The first kappa shape index (κ1) is 14.0. The van der Waals surface area contributed by atoms with Crippen LogP contribution in [0, 0.1) is 5.82 Å². The summed E-state index contributed by atoms with van der Waals surface area (Å²) in [5, 5.41) is 11.8. The number of benzene rings is 1. The Morgan fingerprint density at radius 2 is 2.29 bits per heavy atom. The van der Waals surface area contributed by atoms with Crippen LogP contribution in [0.4, 0.5) is 10.1 Å². The van der Waals surface area contributed by atoms with E-state index in [4.69, 9.17) is 16.7 Å². The Hall–Kier alpha value is -1.99. The summed E-state index contributed by atoms with van der Waals surface area (Å²) in [7, 11) is 0. The highest BCUT2D eigenvalue weighted by molar-refractivity contribution is 7.06. The Labute approximate surface area is 127 Å². The lowest BCUT2D eigenvalue weighted by atomic mass is 9.90. The van der Waals surface area contributed by atoms with Crippen LogP contribution in [0.5, 0.6) is 0 Å². The molecule has 1 atom stereocenters. The monoisotopic (exact) mass is 326 g/mol. The van der Waals surface area contributed by atoms with Gasteiger partial charge in [0.2, 0.25) is 5.91 Å². The molecule has 1 aromatic carbocycles. The van der Waals surface area contributed by atoms with E-state index in [1.54, 1.807) is 0 Å². The molecule has 0 radical (unpaired) electrons. The molecule has 0 spiro atoms. The molecule has 108 valence electrons. The third-order valence-corrected chi connectivity index (χ3v) is 4.52. The first-order valence-electron chi connectivity index (χ1n) is 5.95. The van der Waals surface area contributed by atoms with Crippen LogP contribution in [0.25, 0.3) is 0 Å².